The van der Waals surface area contributed by atoms with Gasteiger partial charge >= 0.3 is 0 Å². The molecule has 0 spiro atoms. The van der Waals surface area contributed by atoms with Crippen LogP contribution in [0.3, 0.4) is 0 Å². The van der Waals surface area contributed by atoms with Gasteiger partial charge in [-0.15, -0.1) is 0 Å². The van der Waals surface area contributed by atoms with Crippen molar-refractivity contribution in [3.8, 4) is 0 Å². The van der Waals surface area contributed by atoms with Gasteiger partial charge in [0.1, 0.15) is 17.4 Å². The van der Waals surface area contributed by atoms with Gasteiger partial charge in [-0.2, -0.15) is 0 Å². The monoisotopic (exact) mass is 269 g/mol. The summed E-state index contributed by atoms with van der Waals surface area (Å²) in [5.74, 6) is 1.73. The average Bonchev–Trinajstić information content (AvgIpc) is 2.47. The fourth-order valence-corrected chi connectivity index (χ4v) is 2.76. The molecule has 1 aliphatic heterocycles. The summed E-state index contributed by atoms with van der Waals surface area (Å²) in [6.07, 6.45) is 4.02. The minimum absolute atomic E-state index is 0.102. The van der Waals surface area contributed by atoms with E-state index in [2.05, 4.69) is 20.9 Å². The summed E-state index contributed by atoms with van der Waals surface area (Å²) in [7, 11) is 0. The Hall–Kier alpha value is -1.97. The Labute approximate surface area is 118 Å². The van der Waals surface area contributed by atoms with E-state index >= 15 is 0 Å². The summed E-state index contributed by atoms with van der Waals surface area (Å²) in [6, 6.07) is 8.06. The third kappa shape index (κ3) is 2.64. The topological polar surface area (TPSA) is 46.1 Å². The van der Waals surface area contributed by atoms with Crippen molar-refractivity contribution in [1.29, 1.82) is 0 Å². The Morgan fingerprint density at radius 3 is 2.65 bits per heavy atom. The van der Waals surface area contributed by atoms with Gasteiger partial charge in [-0.05, 0) is 38.3 Å². The Bertz CT molecular complexity index is 633. The highest BCUT2D eigenvalue weighted by atomic mass is 16.1. The van der Waals surface area contributed by atoms with Crippen LogP contribution in [0.5, 0.6) is 0 Å². The maximum Gasteiger partial charge on any atom is 0.140 e. The predicted molar refractivity (Wildman–Crippen MR) is 80.0 cm³/mol. The normalized spacial score (nSPS) is 15.6. The van der Waals surface area contributed by atoms with Gasteiger partial charge in [0.15, 0.2) is 0 Å². The second-order valence-electron chi connectivity index (χ2n) is 5.41. The minimum atomic E-state index is 0.102. The smallest absolute Gasteiger partial charge is 0.140 e. The number of anilines is 1. The molecule has 1 aliphatic rings. The van der Waals surface area contributed by atoms with Crippen LogP contribution in [0.2, 0.25) is 0 Å². The Balaban J connectivity index is 2.08. The third-order valence-electron chi connectivity index (χ3n) is 3.69. The summed E-state index contributed by atoms with van der Waals surface area (Å²) in [4.78, 5) is 22.8. The number of fused-ring (bicyclic) bond motifs is 1. The van der Waals surface area contributed by atoms with E-state index in [0.717, 1.165) is 29.8 Å². The van der Waals surface area contributed by atoms with E-state index in [9.17, 15) is 4.79 Å². The fourth-order valence-electron chi connectivity index (χ4n) is 2.76. The molecule has 0 N–H and O–H groups in total. The van der Waals surface area contributed by atoms with Gasteiger partial charge < -0.3 is 4.90 Å². The molecule has 4 heteroatoms. The number of piperidine rings is 1. The first kappa shape index (κ1) is 13.0. The van der Waals surface area contributed by atoms with Crippen LogP contribution in [0.1, 0.15) is 32.0 Å². The number of ketones is 1. The molecule has 1 fully saturated rings. The molecule has 1 aromatic heterocycles. The largest absolute Gasteiger partial charge is 0.356 e. The van der Waals surface area contributed by atoms with Crippen molar-refractivity contribution < 1.29 is 4.79 Å². The number of benzene rings is 1. The van der Waals surface area contributed by atoms with Crippen LogP contribution < -0.4 is 4.90 Å². The van der Waals surface area contributed by atoms with Crippen molar-refractivity contribution in [2.75, 3.05) is 18.0 Å². The fraction of sp³-hybridized carbons (Fsp3) is 0.438. The molecule has 0 aliphatic carbocycles. The quantitative estimate of drug-likeness (QED) is 0.859. The van der Waals surface area contributed by atoms with E-state index in [1.807, 2.05) is 18.2 Å². The Kier molecular flexibility index (Phi) is 3.63. The summed E-state index contributed by atoms with van der Waals surface area (Å²) < 4.78 is 0. The van der Waals surface area contributed by atoms with Crippen LogP contribution in [-0.4, -0.2) is 28.8 Å². The first-order valence-corrected chi connectivity index (χ1v) is 7.24. The van der Waals surface area contributed by atoms with E-state index in [1.165, 1.54) is 19.3 Å². The van der Waals surface area contributed by atoms with Crippen LogP contribution in [0.4, 0.5) is 5.82 Å². The number of nitrogens with zero attached hydrogens (tertiary/aromatic N) is 3. The molecule has 20 heavy (non-hydrogen) atoms. The van der Waals surface area contributed by atoms with Gasteiger partial charge in [-0.1, -0.05) is 12.1 Å². The van der Waals surface area contributed by atoms with Gasteiger partial charge in [0, 0.05) is 18.5 Å². The van der Waals surface area contributed by atoms with Crippen molar-refractivity contribution in [3.63, 3.8) is 0 Å². The molecule has 2 heterocycles. The minimum Gasteiger partial charge on any atom is -0.356 e. The molecule has 1 aromatic carbocycles. The molecule has 4 nitrogen and oxygen atoms in total. The number of hydrogen-bond donors (Lipinski definition) is 0. The highest BCUT2D eigenvalue weighted by Crippen LogP contribution is 2.26. The Morgan fingerprint density at radius 1 is 1.15 bits per heavy atom. The lowest BCUT2D eigenvalue weighted by molar-refractivity contribution is -0.116. The Morgan fingerprint density at radius 2 is 1.90 bits per heavy atom. The molecule has 2 aromatic rings. The van der Waals surface area contributed by atoms with Gasteiger partial charge in [0.2, 0.25) is 0 Å². The lowest BCUT2D eigenvalue weighted by Crippen LogP contribution is -2.30. The molecule has 0 saturated carbocycles. The number of aromatic nitrogens is 2. The summed E-state index contributed by atoms with van der Waals surface area (Å²) in [5.41, 5.74) is 0.930. The summed E-state index contributed by atoms with van der Waals surface area (Å²) in [6.45, 7) is 3.67. The van der Waals surface area contributed by atoms with Crippen molar-refractivity contribution >= 4 is 22.5 Å². The molecule has 104 valence electrons. The van der Waals surface area contributed by atoms with E-state index < -0.39 is 0 Å². The molecular weight excluding hydrogens is 250 g/mol. The molecule has 1 saturated heterocycles. The second-order valence-corrected chi connectivity index (χ2v) is 5.41. The van der Waals surface area contributed by atoms with Crippen molar-refractivity contribution in [2.45, 2.75) is 32.6 Å². The van der Waals surface area contributed by atoms with E-state index in [1.54, 1.807) is 6.92 Å². The maximum absolute atomic E-state index is 11.3. The van der Waals surface area contributed by atoms with Gasteiger partial charge in [-0.25, -0.2) is 9.97 Å². The lowest BCUT2D eigenvalue weighted by Gasteiger charge is -2.28. The van der Waals surface area contributed by atoms with Crippen LogP contribution >= 0.6 is 0 Å². The lowest BCUT2D eigenvalue weighted by atomic mass is 10.1. The van der Waals surface area contributed by atoms with E-state index in [4.69, 9.17) is 0 Å². The number of carbonyl (C=O) groups excluding carboxylic acids is 1. The molecular formula is C16H19N3O. The van der Waals surface area contributed by atoms with Gasteiger partial charge in [0.05, 0.1) is 11.9 Å². The number of rotatable bonds is 3. The molecule has 0 bridgehead atoms. The first-order valence-electron chi connectivity index (χ1n) is 7.24. The molecule has 3 rings (SSSR count). The van der Waals surface area contributed by atoms with Gasteiger partial charge in [0.25, 0.3) is 0 Å². The molecule has 0 radical (unpaired) electrons. The molecule has 0 amide bonds. The van der Waals surface area contributed by atoms with Gasteiger partial charge in [-0.3, -0.25) is 4.79 Å². The highest BCUT2D eigenvalue weighted by Gasteiger charge is 2.17. The van der Waals surface area contributed by atoms with Crippen LogP contribution in [0, 0.1) is 0 Å². The van der Waals surface area contributed by atoms with E-state index in [0.29, 0.717) is 12.2 Å². The highest BCUT2D eigenvalue weighted by molar-refractivity contribution is 5.90. The molecule has 0 atom stereocenters. The van der Waals surface area contributed by atoms with Crippen molar-refractivity contribution in [1.82, 2.24) is 9.97 Å². The number of carbonyl (C=O) groups is 1. The summed E-state index contributed by atoms with van der Waals surface area (Å²) in [5, 5.41) is 1.08. The van der Waals surface area contributed by atoms with E-state index in [-0.39, 0.29) is 5.78 Å². The first-order chi connectivity index (χ1) is 9.74. The second kappa shape index (κ2) is 5.57. The van der Waals surface area contributed by atoms with Crippen molar-refractivity contribution in [2.24, 2.45) is 0 Å². The average molecular weight is 269 g/mol. The maximum atomic E-state index is 11.3. The summed E-state index contributed by atoms with van der Waals surface area (Å²) >= 11 is 0. The molecule has 0 unspecified atom stereocenters. The predicted octanol–water partition coefficient (Wildman–Crippen LogP) is 2.75. The number of Topliss-reactive ketones (excluding diaryl/α,β-unsaturated/α-hetero) is 1. The SMILES string of the molecule is CC(=O)Cc1nc(N2CCCCC2)c2ccccc2n1. The van der Waals surface area contributed by atoms with Crippen molar-refractivity contribution in [3.05, 3.63) is 30.1 Å². The number of hydrogen-bond acceptors (Lipinski definition) is 4. The van der Waals surface area contributed by atoms with Crippen LogP contribution in [0.25, 0.3) is 10.9 Å². The van der Waals surface area contributed by atoms with Crippen LogP contribution in [-0.2, 0) is 11.2 Å². The zero-order valence-corrected chi connectivity index (χ0v) is 11.8. The zero-order valence-electron chi connectivity index (χ0n) is 11.8. The zero-order chi connectivity index (χ0) is 13.9. The number of para-hydroxylation sites is 1. The standard InChI is InChI=1S/C16H19N3O/c1-12(20)11-15-17-14-8-4-3-7-13(14)16(18-15)19-9-5-2-6-10-19/h3-4,7-8H,2,5-6,9-11H2,1H3. The third-order valence-corrected chi connectivity index (χ3v) is 3.69. The van der Waals surface area contributed by atoms with Crippen LogP contribution in [0.15, 0.2) is 24.3 Å².